The molecule has 14 heavy (non-hydrogen) atoms. The predicted molar refractivity (Wildman–Crippen MR) is 63.3 cm³/mol. The molecule has 1 aromatic carbocycles. The first-order valence-electron chi connectivity index (χ1n) is 4.31. The highest BCUT2D eigenvalue weighted by molar-refractivity contribution is 8.13. The first-order chi connectivity index (χ1) is 6.67. The Bertz CT molecular complexity index is 348. The lowest BCUT2D eigenvalue weighted by molar-refractivity contribution is 0.355. The molecule has 0 fully saturated rings. The molecule has 0 aliphatic heterocycles. The molecular formula is C10H13O2PS. The predicted octanol–water partition coefficient (Wildman–Crippen LogP) is 2.21. The van der Waals surface area contributed by atoms with Gasteiger partial charge in [-0.3, -0.25) is 0 Å². The van der Waals surface area contributed by atoms with Crippen LogP contribution < -0.4 is 5.30 Å². The van der Waals surface area contributed by atoms with E-state index in [1.807, 2.05) is 37.3 Å². The van der Waals surface area contributed by atoms with Gasteiger partial charge in [-0.25, -0.2) is 0 Å². The summed E-state index contributed by atoms with van der Waals surface area (Å²) in [5.41, 5.74) is 0. The number of allylic oxidation sites excluding steroid dienone is 1. The summed E-state index contributed by atoms with van der Waals surface area (Å²) in [7, 11) is 0. The van der Waals surface area contributed by atoms with Gasteiger partial charge in [0.25, 0.3) is 0 Å². The Balaban J connectivity index is 2.71. The molecule has 1 unspecified atom stereocenters. The molecule has 0 saturated heterocycles. The zero-order valence-electron chi connectivity index (χ0n) is 7.96. The number of hydrogen-bond donors (Lipinski definition) is 1. The first-order valence-corrected chi connectivity index (χ1v) is 6.98. The Kier molecular flexibility index (Phi) is 4.49. The summed E-state index contributed by atoms with van der Waals surface area (Å²) < 4.78 is 5.25. The fourth-order valence-corrected chi connectivity index (χ4v) is 2.47. The molecule has 0 spiro atoms. The van der Waals surface area contributed by atoms with Crippen molar-refractivity contribution >= 4 is 23.6 Å². The zero-order chi connectivity index (χ0) is 10.4. The summed E-state index contributed by atoms with van der Waals surface area (Å²) in [6, 6.07) is 9.13. The highest BCUT2D eigenvalue weighted by Gasteiger charge is 2.15. The van der Waals surface area contributed by atoms with E-state index >= 15 is 0 Å². The van der Waals surface area contributed by atoms with E-state index in [0.717, 1.165) is 0 Å². The molecular weight excluding hydrogens is 215 g/mol. The molecule has 1 atom stereocenters. The van der Waals surface area contributed by atoms with Crippen molar-refractivity contribution in [2.75, 3.05) is 6.61 Å². The Hall–Kier alpha value is -0.470. The number of rotatable bonds is 4. The Labute approximate surface area is 89.4 Å². The smallest absolute Gasteiger partial charge is 0.217 e. The van der Waals surface area contributed by atoms with Gasteiger partial charge >= 0.3 is 0 Å². The van der Waals surface area contributed by atoms with Crippen molar-refractivity contribution in [3.05, 3.63) is 42.5 Å². The average Bonchev–Trinajstić information content (AvgIpc) is 2.19. The second kappa shape index (κ2) is 5.42. The fourth-order valence-electron chi connectivity index (χ4n) is 0.931. The van der Waals surface area contributed by atoms with Crippen molar-refractivity contribution in [3.8, 4) is 0 Å². The quantitative estimate of drug-likeness (QED) is 0.633. The largest absolute Gasteiger partial charge is 0.342 e. The van der Waals surface area contributed by atoms with Crippen LogP contribution in [0.25, 0.3) is 0 Å². The van der Waals surface area contributed by atoms with Gasteiger partial charge in [-0.2, -0.15) is 0 Å². The Morgan fingerprint density at radius 2 is 2.07 bits per heavy atom. The SMILES string of the molecule is CC=CCOP(O)(=S)c1ccccc1. The second-order valence-electron chi connectivity index (χ2n) is 2.72. The van der Waals surface area contributed by atoms with Gasteiger partial charge in [-0.05, 0) is 30.9 Å². The van der Waals surface area contributed by atoms with Crippen LogP contribution in [-0.2, 0) is 16.3 Å². The molecule has 0 aliphatic carbocycles. The number of hydrogen-bond acceptors (Lipinski definition) is 2. The van der Waals surface area contributed by atoms with Crippen molar-refractivity contribution in [1.29, 1.82) is 0 Å². The van der Waals surface area contributed by atoms with Crippen molar-refractivity contribution < 1.29 is 9.42 Å². The lowest BCUT2D eigenvalue weighted by atomic mass is 10.4. The molecule has 0 aromatic heterocycles. The van der Waals surface area contributed by atoms with Gasteiger partial charge in [0.2, 0.25) is 6.49 Å². The van der Waals surface area contributed by atoms with Gasteiger partial charge in [-0.15, -0.1) is 0 Å². The minimum Gasteiger partial charge on any atom is -0.342 e. The maximum absolute atomic E-state index is 9.88. The third kappa shape index (κ3) is 3.35. The number of benzene rings is 1. The van der Waals surface area contributed by atoms with Crippen LogP contribution in [0.4, 0.5) is 0 Å². The maximum atomic E-state index is 9.88. The van der Waals surface area contributed by atoms with Crippen LogP contribution in [-0.4, -0.2) is 11.5 Å². The molecule has 0 radical (unpaired) electrons. The van der Waals surface area contributed by atoms with Crippen molar-refractivity contribution in [1.82, 2.24) is 0 Å². The summed E-state index contributed by atoms with van der Waals surface area (Å²) in [6.07, 6.45) is 3.68. The molecule has 0 amide bonds. The summed E-state index contributed by atoms with van der Waals surface area (Å²) in [4.78, 5) is 9.88. The van der Waals surface area contributed by atoms with Crippen LogP contribution in [0.1, 0.15) is 6.92 Å². The molecule has 2 nitrogen and oxygen atoms in total. The van der Waals surface area contributed by atoms with E-state index in [1.54, 1.807) is 12.1 Å². The van der Waals surface area contributed by atoms with Gasteiger partial charge in [0.15, 0.2) is 0 Å². The van der Waals surface area contributed by atoms with Crippen LogP contribution in [0.5, 0.6) is 0 Å². The van der Waals surface area contributed by atoms with Gasteiger partial charge in [0.05, 0.1) is 6.61 Å². The lowest BCUT2D eigenvalue weighted by Gasteiger charge is -2.14. The molecule has 76 valence electrons. The third-order valence-corrected chi connectivity index (χ3v) is 4.06. The van der Waals surface area contributed by atoms with Gasteiger partial charge in [0, 0.05) is 5.30 Å². The molecule has 0 heterocycles. The van der Waals surface area contributed by atoms with Crippen LogP contribution in [0.3, 0.4) is 0 Å². The molecule has 1 rings (SSSR count). The van der Waals surface area contributed by atoms with Crippen LogP contribution in [0, 0.1) is 0 Å². The highest BCUT2D eigenvalue weighted by Crippen LogP contribution is 2.40. The molecule has 0 saturated carbocycles. The fraction of sp³-hybridized carbons (Fsp3) is 0.200. The van der Waals surface area contributed by atoms with Crippen LogP contribution >= 0.6 is 6.49 Å². The monoisotopic (exact) mass is 228 g/mol. The van der Waals surface area contributed by atoms with E-state index in [1.165, 1.54) is 0 Å². The van der Waals surface area contributed by atoms with E-state index < -0.39 is 6.49 Å². The van der Waals surface area contributed by atoms with Crippen LogP contribution in [0.2, 0.25) is 0 Å². The van der Waals surface area contributed by atoms with Gasteiger partial charge in [-0.1, -0.05) is 30.4 Å². The second-order valence-corrected chi connectivity index (χ2v) is 6.02. The zero-order valence-corrected chi connectivity index (χ0v) is 9.67. The molecule has 1 N–H and O–H groups in total. The van der Waals surface area contributed by atoms with Crippen molar-refractivity contribution in [2.45, 2.75) is 6.92 Å². The van der Waals surface area contributed by atoms with E-state index in [9.17, 15) is 4.89 Å². The van der Waals surface area contributed by atoms with E-state index in [2.05, 4.69) is 0 Å². The molecule has 1 aromatic rings. The van der Waals surface area contributed by atoms with E-state index in [0.29, 0.717) is 11.9 Å². The summed E-state index contributed by atoms with van der Waals surface area (Å²) >= 11 is 5.03. The maximum Gasteiger partial charge on any atom is 0.217 e. The normalized spacial score (nSPS) is 15.6. The van der Waals surface area contributed by atoms with E-state index in [-0.39, 0.29) is 0 Å². The standard InChI is InChI=1S/C10H13O2PS/c1-2-3-9-12-13(11,14)10-7-5-4-6-8-10/h2-8H,9H2,1H3,(H,11,14). The minimum atomic E-state index is -2.79. The molecule has 0 bridgehead atoms. The highest BCUT2D eigenvalue weighted by atomic mass is 32.5. The minimum absolute atomic E-state index is 0.360. The Morgan fingerprint density at radius 3 is 2.64 bits per heavy atom. The van der Waals surface area contributed by atoms with E-state index in [4.69, 9.17) is 16.3 Å². The Morgan fingerprint density at radius 1 is 1.43 bits per heavy atom. The summed E-state index contributed by atoms with van der Waals surface area (Å²) in [6.45, 7) is -0.537. The lowest BCUT2D eigenvalue weighted by Crippen LogP contribution is -2.05. The third-order valence-electron chi connectivity index (χ3n) is 1.66. The topological polar surface area (TPSA) is 29.5 Å². The van der Waals surface area contributed by atoms with Crippen molar-refractivity contribution in [3.63, 3.8) is 0 Å². The average molecular weight is 228 g/mol. The molecule has 4 heteroatoms. The van der Waals surface area contributed by atoms with Gasteiger partial charge < -0.3 is 9.42 Å². The molecule has 0 aliphatic rings. The van der Waals surface area contributed by atoms with Gasteiger partial charge in [0.1, 0.15) is 0 Å². The van der Waals surface area contributed by atoms with Crippen molar-refractivity contribution in [2.24, 2.45) is 0 Å². The summed E-state index contributed by atoms with van der Waals surface area (Å²) in [5, 5.41) is 0.694. The first kappa shape index (κ1) is 11.6. The summed E-state index contributed by atoms with van der Waals surface area (Å²) in [5.74, 6) is 0. The van der Waals surface area contributed by atoms with Crippen LogP contribution in [0.15, 0.2) is 42.5 Å².